The lowest BCUT2D eigenvalue weighted by atomic mass is 10.2. The molecule has 0 aliphatic carbocycles. The average Bonchev–Trinajstić information content (AvgIpc) is 2.76. The quantitative estimate of drug-likeness (QED) is 0.314. The highest BCUT2D eigenvalue weighted by Crippen LogP contribution is 2.17. The second kappa shape index (κ2) is 13.4. The first-order valence-electron chi connectivity index (χ1n) is 9.95. The van der Waals surface area contributed by atoms with E-state index in [-0.39, 0.29) is 29.8 Å². The monoisotopic (exact) mass is 528 g/mol. The average molecular weight is 528 g/mol. The number of para-hydroxylation sites is 1. The van der Waals surface area contributed by atoms with Crippen molar-refractivity contribution in [3.8, 4) is 5.75 Å². The van der Waals surface area contributed by atoms with Gasteiger partial charge in [0.25, 0.3) is 0 Å². The van der Waals surface area contributed by atoms with E-state index in [9.17, 15) is 4.39 Å². The molecule has 1 aliphatic rings. The molecular weight excluding hydrogens is 498 g/mol. The summed E-state index contributed by atoms with van der Waals surface area (Å²) in [4.78, 5) is 6.56. The molecule has 6 nitrogen and oxygen atoms in total. The van der Waals surface area contributed by atoms with E-state index < -0.39 is 0 Å². The molecule has 1 fully saturated rings. The van der Waals surface area contributed by atoms with Crippen molar-refractivity contribution in [1.82, 2.24) is 15.5 Å². The number of nitrogens with one attached hydrogen (secondary N) is 2. The van der Waals surface area contributed by atoms with Gasteiger partial charge in [-0.1, -0.05) is 36.4 Å². The van der Waals surface area contributed by atoms with Crippen LogP contribution in [0.5, 0.6) is 5.75 Å². The molecular formula is C22H30FIN4O2. The van der Waals surface area contributed by atoms with Gasteiger partial charge < -0.3 is 20.1 Å². The zero-order valence-electron chi connectivity index (χ0n) is 17.3. The first-order chi connectivity index (χ1) is 14.3. The minimum Gasteiger partial charge on any atom is -0.492 e. The van der Waals surface area contributed by atoms with Gasteiger partial charge in [-0.2, -0.15) is 0 Å². The van der Waals surface area contributed by atoms with Crippen molar-refractivity contribution in [2.45, 2.75) is 13.1 Å². The maximum absolute atomic E-state index is 13.8. The molecule has 0 radical (unpaired) electrons. The molecule has 0 amide bonds. The van der Waals surface area contributed by atoms with Crippen LogP contribution < -0.4 is 15.4 Å². The fraction of sp³-hybridized carbons (Fsp3) is 0.409. The highest BCUT2D eigenvalue weighted by atomic mass is 127. The molecule has 0 aromatic heterocycles. The van der Waals surface area contributed by atoms with Gasteiger partial charge in [-0.15, -0.1) is 24.0 Å². The summed E-state index contributed by atoms with van der Waals surface area (Å²) in [5.41, 5.74) is 1.64. The fourth-order valence-corrected chi connectivity index (χ4v) is 3.12. The van der Waals surface area contributed by atoms with Crippen molar-refractivity contribution in [2.24, 2.45) is 4.99 Å². The number of halogens is 2. The van der Waals surface area contributed by atoms with Crippen LogP contribution in [0.3, 0.4) is 0 Å². The van der Waals surface area contributed by atoms with Crippen molar-refractivity contribution < 1.29 is 13.9 Å². The zero-order valence-corrected chi connectivity index (χ0v) is 19.6. The third kappa shape index (κ3) is 7.73. The van der Waals surface area contributed by atoms with Gasteiger partial charge in [0.05, 0.1) is 13.2 Å². The molecule has 2 aromatic rings. The third-order valence-corrected chi connectivity index (χ3v) is 4.82. The molecule has 164 valence electrons. The largest absolute Gasteiger partial charge is 0.492 e. The fourth-order valence-electron chi connectivity index (χ4n) is 3.12. The first-order valence-corrected chi connectivity index (χ1v) is 9.95. The van der Waals surface area contributed by atoms with Crippen LogP contribution in [0, 0.1) is 5.82 Å². The minimum absolute atomic E-state index is 0. The summed E-state index contributed by atoms with van der Waals surface area (Å²) < 4.78 is 25.2. The number of nitrogens with zero attached hydrogens (tertiary/aromatic N) is 2. The number of hydrogen-bond donors (Lipinski definition) is 2. The lowest BCUT2D eigenvalue weighted by Gasteiger charge is -2.26. The number of ether oxygens (including phenoxy) is 2. The van der Waals surface area contributed by atoms with Crippen LogP contribution in [0.2, 0.25) is 0 Å². The number of benzene rings is 2. The number of morpholine rings is 1. The van der Waals surface area contributed by atoms with Crippen LogP contribution in [0.25, 0.3) is 0 Å². The molecule has 1 aliphatic heterocycles. The molecule has 3 rings (SSSR count). The lowest BCUT2D eigenvalue weighted by molar-refractivity contribution is 0.0322. The number of hydrogen-bond acceptors (Lipinski definition) is 4. The SMILES string of the molecule is CN=C(NCc1ccccc1F)NCc1ccccc1OCCN1CCOCC1.I. The number of aliphatic imine (C=N–C) groups is 1. The Morgan fingerprint density at radius 3 is 2.37 bits per heavy atom. The summed E-state index contributed by atoms with van der Waals surface area (Å²) in [5.74, 6) is 1.24. The summed E-state index contributed by atoms with van der Waals surface area (Å²) in [6.07, 6.45) is 0. The van der Waals surface area contributed by atoms with E-state index in [0.717, 1.165) is 44.2 Å². The van der Waals surface area contributed by atoms with E-state index in [1.165, 1.54) is 6.07 Å². The zero-order chi connectivity index (χ0) is 20.3. The van der Waals surface area contributed by atoms with Crippen LogP contribution in [0.1, 0.15) is 11.1 Å². The van der Waals surface area contributed by atoms with E-state index in [4.69, 9.17) is 9.47 Å². The van der Waals surface area contributed by atoms with Crippen molar-refractivity contribution in [1.29, 1.82) is 0 Å². The Morgan fingerprint density at radius 1 is 1.03 bits per heavy atom. The predicted octanol–water partition coefficient (Wildman–Crippen LogP) is 3.02. The van der Waals surface area contributed by atoms with Gasteiger partial charge in [0.2, 0.25) is 0 Å². The van der Waals surface area contributed by atoms with Gasteiger partial charge in [-0.05, 0) is 12.1 Å². The highest BCUT2D eigenvalue weighted by molar-refractivity contribution is 14.0. The molecule has 0 bridgehead atoms. The molecule has 0 atom stereocenters. The molecule has 0 unspecified atom stereocenters. The Labute approximate surface area is 194 Å². The van der Waals surface area contributed by atoms with Crippen LogP contribution in [-0.4, -0.2) is 57.4 Å². The lowest BCUT2D eigenvalue weighted by Crippen LogP contribution is -2.38. The molecule has 8 heteroatoms. The maximum atomic E-state index is 13.8. The molecule has 1 saturated heterocycles. The van der Waals surface area contributed by atoms with E-state index in [1.54, 1.807) is 19.2 Å². The standard InChI is InChI=1S/C22H29FN4O2.HI/c1-24-22(25-16-18-6-2-4-8-20(18)23)26-17-19-7-3-5-9-21(19)29-15-12-27-10-13-28-14-11-27;/h2-9H,10-17H2,1H3,(H2,24,25,26);1H. The van der Waals surface area contributed by atoms with Crippen LogP contribution in [-0.2, 0) is 17.8 Å². The number of guanidine groups is 1. The number of rotatable bonds is 8. The summed E-state index contributed by atoms with van der Waals surface area (Å²) in [7, 11) is 1.70. The normalized spacial score (nSPS) is 14.7. The molecule has 30 heavy (non-hydrogen) atoms. The smallest absolute Gasteiger partial charge is 0.191 e. The Hall–Kier alpha value is -1.91. The van der Waals surface area contributed by atoms with E-state index in [0.29, 0.717) is 31.2 Å². The van der Waals surface area contributed by atoms with Crippen molar-refractivity contribution in [3.63, 3.8) is 0 Å². The minimum atomic E-state index is -0.227. The molecule has 2 N–H and O–H groups in total. The van der Waals surface area contributed by atoms with Gasteiger partial charge in [-0.3, -0.25) is 9.89 Å². The second-order valence-corrected chi connectivity index (χ2v) is 6.78. The summed E-state index contributed by atoms with van der Waals surface area (Å²) in [6, 6.07) is 14.7. The van der Waals surface area contributed by atoms with Crippen molar-refractivity contribution in [3.05, 3.63) is 65.5 Å². The molecule has 1 heterocycles. The molecule has 2 aromatic carbocycles. The third-order valence-electron chi connectivity index (χ3n) is 4.82. The van der Waals surface area contributed by atoms with Crippen molar-refractivity contribution >= 4 is 29.9 Å². The van der Waals surface area contributed by atoms with Crippen LogP contribution in [0.4, 0.5) is 4.39 Å². The summed E-state index contributed by atoms with van der Waals surface area (Å²) in [5, 5.41) is 6.41. The van der Waals surface area contributed by atoms with Crippen molar-refractivity contribution in [2.75, 3.05) is 46.5 Å². The highest BCUT2D eigenvalue weighted by Gasteiger charge is 2.11. The second-order valence-electron chi connectivity index (χ2n) is 6.78. The summed E-state index contributed by atoms with van der Waals surface area (Å²) >= 11 is 0. The van der Waals surface area contributed by atoms with E-state index in [2.05, 4.69) is 20.5 Å². The van der Waals surface area contributed by atoms with Gasteiger partial charge in [0.1, 0.15) is 18.2 Å². The van der Waals surface area contributed by atoms with Crippen LogP contribution >= 0.6 is 24.0 Å². The predicted molar refractivity (Wildman–Crippen MR) is 128 cm³/mol. The van der Waals surface area contributed by atoms with E-state index in [1.807, 2.05) is 30.3 Å². The van der Waals surface area contributed by atoms with E-state index >= 15 is 0 Å². The first kappa shape index (κ1) is 24.4. The van der Waals surface area contributed by atoms with Gasteiger partial charge in [0.15, 0.2) is 5.96 Å². The van der Waals surface area contributed by atoms with Crippen LogP contribution in [0.15, 0.2) is 53.5 Å². The Bertz CT molecular complexity index is 800. The Balaban J connectivity index is 0.00000320. The molecule has 0 spiro atoms. The van der Waals surface area contributed by atoms with Gasteiger partial charge in [-0.25, -0.2) is 4.39 Å². The topological polar surface area (TPSA) is 58.1 Å². The maximum Gasteiger partial charge on any atom is 0.191 e. The Morgan fingerprint density at radius 2 is 1.67 bits per heavy atom. The Kier molecular flexibility index (Phi) is 10.9. The summed E-state index contributed by atoms with van der Waals surface area (Å²) in [6.45, 7) is 5.94. The molecule has 0 saturated carbocycles. The van der Waals surface area contributed by atoms with Gasteiger partial charge >= 0.3 is 0 Å². The van der Waals surface area contributed by atoms with Gasteiger partial charge in [0, 0.05) is 50.9 Å².